The Morgan fingerprint density at radius 2 is 1.05 bits per heavy atom. The van der Waals surface area contributed by atoms with E-state index in [9.17, 15) is 4.79 Å². The molecule has 1 aliphatic heterocycles. The molecule has 0 spiro atoms. The van der Waals surface area contributed by atoms with Gasteiger partial charge in [-0.25, -0.2) is 0 Å². The van der Waals surface area contributed by atoms with E-state index in [1.54, 1.807) is 13.8 Å². The number of ether oxygens (including phenoxy) is 1. The monoisotopic (exact) mass is 574 g/mol. The van der Waals surface area contributed by atoms with E-state index in [2.05, 4.69) is 121 Å². The Balaban J connectivity index is 0.000000472. The van der Waals surface area contributed by atoms with E-state index in [1.807, 2.05) is 0 Å². The molecule has 0 aromatic heterocycles. The number of esters is 1. The van der Waals surface area contributed by atoms with Gasteiger partial charge >= 0.3 is 12.1 Å². The van der Waals surface area contributed by atoms with Crippen LogP contribution in [0, 0.1) is 5.92 Å². The normalized spacial score (nSPS) is 14.0. The summed E-state index contributed by atoms with van der Waals surface area (Å²) in [6.07, 6.45) is 4.28. The predicted molar refractivity (Wildman–Crippen MR) is 179 cm³/mol. The van der Waals surface area contributed by atoms with Gasteiger partial charge in [0, 0.05) is 27.6 Å². The second kappa shape index (κ2) is 12.7. The molecule has 0 N–H and O–H groups in total. The highest BCUT2D eigenvalue weighted by atomic mass is 16.5. The number of methoxy groups -OCH3 is 1. The summed E-state index contributed by atoms with van der Waals surface area (Å²) in [6, 6.07) is 27.4. The van der Waals surface area contributed by atoms with Crippen molar-refractivity contribution in [2.75, 3.05) is 7.11 Å². The number of carbonyl (C=O) groups is 1. The second-order valence-corrected chi connectivity index (χ2v) is 11.7. The number of carbonyl (C=O) groups excluding carboxylic acids is 1. The highest BCUT2D eigenvalue weighted by Crippen LogP contribution is 2.42. The molecule has 4 heteroatoms. The van der Waals surface area contributed by atoms with Crippen molar-refractivity contribution in [3.8, 4) is 0 Å². The first kappa shape index (κ1) is 30.4. The topological polar surface area (TPSA) is 32.3 Å². The molecular weight excluding hydrogens is 528 g/mol. The van der Waals surface area contributed by atoms with Crippen molar-refractivity contribution in [3.05, 3.63) is 106 Å². The van der Waals surface area contributed by atoms with E-state index in [0.717, 1.165) is 25.7 Å². The lowest BCUT2D eigenvalue weighted by Crippen LogP contribution is -2.28. The zero-order chi connectivity index (χ0) is 30.8. The van der Waals surface area contributed by atoms with Crippen molar-refractivity contribution < 1.29 is 18.7 Å². The predicted octanol–water partition coefficient (Wildman–Crippen LogP) is 8.54. The van der Waals surface area contributed by atoms with Gasteiger partial charge in [0.15, 0.2) is 0 Å². The summed E-state index contributed by atoms with van der Waals surface area (Å²) in [7, 11) is 1.39. The molecule has 1 aliphatic carbocycles. The van der Waals surface area contributed by atoms with E-state index >= 15 is 0 Å². The lowest BCUT2D eigenvalue weighted by molar-refractivity contribution is -0.688. The molecule has 0 atom stereocenters. The average molecular weight is 575 g/mol. The summed E-state index contributed by atoms with van der Waals surface area (Å²) in [5, 5.41) is 2.72. The molecule has 0 saturated heterocycles. The van der Waals surface area contributed by atoms with Crippen LogP contribution in [0.2, 0.25) is 0 Å². The second-order valence-electron chi connectivity index (χ2n) is 11.7. The molecule has 2 aliphatic rings. The Hall–Kier alpha value is -4.05. The Kier molecular flexibility index (Phi) is 8.96. The smallest absolute Gasteiger partial charge is 0.351 e. The molecule has 4 aromatic carbocycles. The third-order valence-electron chi connectivity index (χ3n) is 8.95. The zero-order valence-electron chi connectivity index (χ0n) is 27.1. The van der Waals surface area contributed by atoms with E-state index in [-0.39, 0.29) is 18.1 Å². The molecule has 0 radical (unpaired) electrons. The third kappa shape index (κ3) is 5.11. The summed E-state index contributed by atoms with van der Waals surface area (Å²) >= 11 is 0. The van der Waals surface area contributed by atoms with Gasteiger partial charge in [0.25, 0.3) is 11.4 Å². The lowest BCUT2D eigenvalue weighted by atomic mass is 10.0. The number of hydrogen-bond donors (Lipinski definition) is 0. The number of rotatable bonds is 7. The van der Waals surface area contributed by atoms with Gasteiger partial charge in [-0.3, -0.25) is 4.79 Å². The number of fused-ring (bicyclic) bond motifs is 3. The lowest BCUT2D eigenvalue weighted by Gasteiger charge is -2.15. The van der Waals surface area contributed by atoms with Crippen molar-refractivity contribution in [1.82, 2.24) is 0 Å². The van der Waals surface area contributed by atoms with E-state index in [0.29, 0.717) is 0 Å². The van der Waals surface area contributed by atoms with Crippen LogP contribution in [0.5, 0.6) is 0 Å². The van der Waals surface area contributed by atoms with Crippen LogP contribution in [0.3, 0.4) is 0 Å². The maximum absolute atomic E-state index is 10.3. The molecule has 4 aromatic rings. The van der Waals surface area contributed by atoms with Gasteiger partial charge in [-0.1, -0.05) is 102 Å². The highest BCUT2D eigenvalue weighted by Gasteiger charge is 2.54. The minimum absolute atomic E-state index is 0.00463. The Bertz CT molecular complexity index is 1600. The molecule has 43 heavy (non-hydrogen) atoms. The average Bonchev–Trinajstić information content (AvgIpc) is 3.52. The number of benzene rings is 4. The SMILES string of the molecule is CCc1cccc(CC)c1[N+]1=C2C(=[N+](c3c(CC)cccc3CC)C1C)c1cccc3cccc2c13.COC(=O)C(C)C. The first-order chi connectivity index (χ1) is 20.8. The summed E-state index contributed by atoms with van der Waals surface area (Å²) in [4.78, 5) is 10.3. The standard InChI is InChI=1S/C34H36N2.C5H10O2/c1-6-23-14-10-15-24(7-2)31(23)35-22(5)36(32-25(8-3)16-11-17-26(32)9-4)34-29-21-13-19-27-18-12-20-28(30(27)29)33(34)35;1-4(2)5(6)7-3/h10-22H,6-9H2,1-5H3;4H,1-3H3/q+2;. The maximum atomic E-state index is 10.3. The van der Waals surface area contributed by atoms with Crippen LogP contribution in [0.4, 0.5) is 11.4 Å². The fourth-order valence-electron chi connectivity index (χ4n) is 6.85. The molecular formula is C39H46N2O2+2. The van der Waals surface area contributed by atoms with Crippen molar-refractivity contribution in [1.29, 1.82) is 0 Å². The molecule has 0 saturated carbocycles. The molecule has 6 rings (SSSR count). The van der Waals surface area contributed by atoms with Crippen LogP contribution in [-0.2, 0) is 35.2 Å². The third-order valence-corrected chi connectivity index (χ3v) is 8.95. The summed E-state index contributed by atoms with van der Waals surface area (Å²) < 4.78 is 9.72. The highest BCUT2D eigenvalue weighted by molar-refractivity contribution is 6.58. The van der Waals surface area contributed by atoms with Gasteiger partial charge in [0.1, 0.15) is 0 Å². The van der Waals surface area contributed by atoms with Crippen LogP contribution in [0.15, 0.2) is 72.8 Å². The van der Waals surface area contributed by atoms with Gasteiger partial charge in [-0.15, -0.1) is 9.15 Å². The number of nitrogens with zero attached hydrogens (tertiary/aromatic N) is 2. The van der Waals surface area contributed by atoms with E-state index < -0.39 is 0 Å². The van der Waals surface area contributed by atoms with Gasteiger partial charge < -0.3 is 4.74 Å². The first-order valence-electron chi connectivity index (χ1n) is 16.0. The maximum Gasteiger partial charge on any atom is 0.351 e. The Morgan fingerprint density at radius 3 is 1.35 bits per heavy atom. The van der Waals surface area contributed by atoms with Crippen LogP contribution in [0.1, 0.15) is 81.8 Å². The molecule has 222 valence electrons. The summed E-state index contributed by atoms with van der Waals surface area (Å²) in [5.41, 5.74) is 14.0. The quantitative estimate of drug-likeness (QED) is 0.164. The van der Waals surface area contributed by atoms with E-state index in [1.165, 1.54) is 74.1 Å². The number of hydrogen-bond acceptors (Lipinski definition) is 2. The number of aryl methyl sites for hydroxylation is 4. The summed E-state index contributed by atoms with van der Waals surface area (Å²) in [5.74, 6) is -0.148. The minimum Gasteiger partial charge on any atom is -0.469 e. The molecule has 0 unspecified atom stereocenters. The molecule has 0 amide bonds. The molecule has 0 bridgehead atoms. The Labute approximate surface area is 257 Å². The van der Waals surface area contributed by atoms with Gasteiger partial charge in [0.05, 0.1) is 31.1 Å². The molecule has 1 heterocycles. The van der Waals surface area contributed by atoms with Crippen LogP contribution < -0.4 is 0 Å². The Morgan fingerprint density at radius 1 is 0.674 bits per heavy atom. The van der Waals surface area contributed by atoms with Crippen molar-refractivity contribution in [3.63, 3.8) is 0 Å². The first-order valence-corrected chi connectivity index (χ1v) is 16.0. The van der Waals surface area contributed by atoms with Crippen LogP contribution >= 0.6 is 0 Å². The van der Waals surface area contributed by atoms with Gasteiger partial charge in [-0.2, -0.15) is 0 Å². The largest absolute Gasteiger partial charge is 0.469 e. The van der Waals surface area contributed by atoms with Crippen LogP contribution in [-0.4, -0.2) is 39.8 Å². The minimum atomic E-state index is -0.153. The van der Waals surface area contributed by atoms with Crippen molar-refractivity contribution in [2.45, 2.75) is 80.3 Å². The number of para-hydroxylation sites is 2. The van der Waals surface area contributed by atoms with Crippen LogP contribution in [0.25, 0.3) is 10.8 Å². The van der Waals surface area contributed by atoms with Crippen molar-refractivity contribution in [2.24, 2.45) is 5.92 Å². The fourth-order valence-corrected chi connectivity index (χ4v) is 6.85. The molecule has 0 fully saturated rings. The summed E-state index contributed by atoms with van der Waals surface area (Å²) in [6.45, 7) is 15.2. The van der Waals surface area contributed by atoms with Gasteiger partial charge in [0.2, 0.25) is 11.4 Å². The molecule has 4 nitrogen and oxygen atoms in total. The zero-order valence-corrected chi connectivity index (χ0v) is 27.1. The van der Waals surface area contributed by atoms with E-state index in [4.69, 9.17) is 0 Å². The fraction of sp³-hybridized carbons (Fsp3) is 0.359. The van der Waals surface area contributed by atoms with Gasteiger partial charge in [-0.05, 0) is 43.2 Å². The van der Waals surface area contributed by atoms with Crippen molar-refractivity contribution >= 4 is 39.5 Å².